The minimum absolute atomic E-state index is 0.221. The van der Waals surface area contributed by atoms with Crippen LogP contribution in [0, 0.1) is 0 Å². The molecule has 170 valence electrons. The largest absolute Gasteiger partial charge is 0.417 e. The number of halogens is 4. The molecule has 0 spiro atoms. The number of nitrogens with zero attached hydrogens (tertiary/aromatic N) is 1. The molecule has 5 rings (SSSR count). The van der Waals surface area contributed by atoms with Crippen LogP contribution in [0.2, 0.25) is 5.02 Å². The van der Waals surface area contributed by atoms with E-state index in [0.717, 1.165) is 22.8 Å². The molecular weight excluding hydrogens is 485 g/mol. The summed E-state index contributed by atoms with van der Waals surface area (Å²) in [7, 11) is 0. The van der Waals surface area contributed by atoms with E-state index in [0.29, 0.717) is 21.0 Å². The molecule has 0 saturated heterocycles. The molecule has 2 heterocycles. The normalized spacial score (nSPS) is 11.8. The summed E-state index contributed by atoms with van der Waals surface area (Å²) in [4.78, 5) is 29.0. The van der Waals surface area contributed by atoms with Crippen molar-refractivity contribution in [3.05, 3.63) is 110 Å². The monoisotopic (exact) mass is 498 g/mol. The first-order valence-corrected chi connectivity index (χ1v) is 11.3. The van der Waals surface area contributed by atoms with Crippen LogP contribution in [0.4, 0.5) is 13.2 Å². The molecule has 0 saturated carbocycles. The van der Waals surface area contributed by atoms with Gasteiger partial charge in [0.15, 0.2) is 0 Å². The molecule has 0 aliphatic carbocycles. The highest BCUT2D eigenvalue weighted by Crippen LogP contribution is 2.36. The van der Waals surface area contributed by atoms with Crippen molar-refractivity contribution in [1.29, 1.82) is 0 Å². The van der Waals surface area contributed by atoms with Crippen molar-refractivity contribution in [3.63, 3.8) is 0 Å². The molecule has 0 amide bonds. The summed E-state index contributed by atoms with van der Waals surface area (Å²) < 4.78 is 40.7. The topological polar surface area (TPSA) is 54.9 Å². The van der Waals surface area contributed by atoms with Gasteiger partial charge in [0, 0.05) is 10.9 Å². The van der Waals surface area contributed by atoms with Crippen LogP contribution in [-0.2, 0) is 6.18 Å². The predicted molar refractivity (Wildman–Crippen MR) is 129 cm³/mol. The maximum atomic E-state index is 13.4. The van der Waals surface area contributed by atoms with E-state index in [1.54, 1.807) is 5.38 Å². The fourth-order valence-electron chi connectivity index (χ4n) is 3.81. The Kier molecular flexibility index (Phi) is 5.42. The Balaban J connectivity index is 1.66. The molecule has 0 unspecified atom stereocenters. The molecule has 0 aliphatic heterocycles. The van der Waals surface area contributed by atoms with Crippen LogP contribution in [0.15, 0.2) is 87.8 Å². The third kappa shape index (κ3) is 3.85. The van der Waals surface area contributed by atoms with Crippen LogP contribution in [0.25, 0.3) is 38.2 Å². The Bertz CT molecular complexity index is 1640. The number of fused-ring (bicyclic) bond motifs is 1. The van der Waals surface area contributed by atoms with Gasteiger partial charge < -0.3 is 0 Å². The Morgan fingerprint density at radius 3 is 2.18 bits per heavy atom. The molecule has 0 aliphatic rings. The molecule has 34 heavy (non-hydrogen) atoms. The maximum absolute atomic E-state index is 13.4. The fraction of sp³-hybridized carbons (Fsp3) is 0.0400. The van der Waals surface area contributed by atoms with Crippen LogP contribution >= 0.6 is 22.9 Å². The van der Waals surface area contributed by atoms with Crippen molar-refractivity contribution in [1.82, 2.24) is 9.55 Å². The van der Waals surface area contributed by atoms with E-state index in [9.17, 15) is 22.8 Å². The molecule has 0 radical (unpaired) electrons. The van der Waals surface area contributed by atoms with Gasteiger partial charge in [-0.05, 0) is 34.9 Å². The van der Waals surface area contributed by atoms with E-state index in [1.807, 2.05) is 54.6 Å². The van der Waals surface area contributed by atoms with E-state index in [-0.39, 0.29) is 11.1 Å². The Labute approximate surface area is 199 Å². The molecule has 1 N–H and O–H groups in total. The van der Waals surface area contributed by atoms with Crippen LogP contribution in [-0.4, -0.2) is 9.55 Å². The fourth-order valence-corrected chi connectivity index (χ4v) is 4.98. The lowest BCUT2D eigenvalue weighted by Gasteiger charge is -2.12. The zero-order valence-corrected chi connectivity index (χ0v) is 18.8. The number of rotatable bonds is 3. The average Bonchev–Trinajstić information content (AvgIpc) is 3.24. The van der Waals surface area contributed by atoms with Crippen molar-refractivity contribution in [2.75, 3.05) is 0 Å². The first-order valence-electron chi connectivity index (χ1n) is 10.0. The van der Waals surface area contributed by atoms with Gasteiger partial charge in [0.2, 0.25) is 0 Å². The van der Waals surface area contributed by atoms with E-state index < -0.39 is 28.0 Å². The van der Waals surface area contributed by atoms with Gasteiger partial charge in [0.05, 0.1) is 21.7 Å². The lowest BCUT2D eigenvalue weighted by molar-refractivity contribution is -0.137. The maximum Gasteiger partial charge on any atom is 0.417 e. The second kappa shape index (κ2) is 8.30. The molecular formula is C25H14ClF3N2O2S. The highest BCUT2D eigenvalue weighted by atomic mass is 35.5. The van der Waals surface area contributed by atoms with Crippen molar-refractivity contribution >= 4 is 33.2 Å². The number of benzene rings is 3. The van der Waals surface area contributed by atoms with E-state index in [1.165, 1.54) is 17.4 Å². The SMILES string of the molecule is O=c1[nH]c2scc(-c3ccc(-c4ccccc4)cc3)c2c(=O)n1-c1ccc(Cl)c(C(F)(F)F)c1. The summed E-state index contributed by atoms with van der Waals surface area (Å²) >= 11 is 6.88. The molecule has 2 aromatic heterocycles. The van der Waals surface area contributed by atoms with Gasteiger partial charge in [0.25, 0.3) is 5.56 Å². The Hall–Kier alpha value is -3.62. The number of thiophene rings is 1. The standard InChI is InChI=1S/C25H14ClF3N2O2S/c26-20-11-10-17(12-19(20)25(27,28)29)31-23(32)21-18(13-34-22(21)30-24(31)33)16-8-6-15(7-9-16)14-4-2-1-3-5-14/h1-13H,(H,30,33). The zero-order valence-electron chi connectivity index (χ0n) is 17.2. The van der Waals surface area contributed by atoms with Crippen LogP contribution in [0.3, 0.4) is 0 Å². The van der Waals surface area contributed by atoms with Crippen molar-refractivity contribution in [2.24, 2.45) is 0 Å². The lowest BCUT2D eigenvalue weighted by atomic mass is 10.0. The average molecular weight is 499 g/mol. The first kappa shape index (κ1) is 22.2. The van der Waals surface area contributed by atoms with E-state index in [4.69, 9.17) is 11.6 Å². The second-order valence-electron chi connectivity index (χ2n) is 7.53. The first-order chi connectivity index (χ1) is 16.2. The zero-order chi connectivity index (χ0) is 24.0. The molecule has 0 bridgehead atoms. The molecule has 5 aromatic rings. The summed E-state index contributed by atoms with van der Waals surface area (Å²) in [6.07, 6.45) is -4.73. The van der Waals surface area contributed by atoms with Gasteiger partial charge in [-0.15, -0.1) is 11.3 Å². The number of alkyl halides is 3. The second-order valence-corrected chi connectivity index (χ2v) is 8.82. The smallest absolute Gasteiger partial charge is 0.298 e. The predicted octanol–water partition coefficient (Wildman–Crippen LogP) is 6.75. The van der Waals surface area contributed by atoms with Crippen LogP contribution in [0.1, 0.15) is 5.56 Å². The summed E-state index contributed by atoms with van der Waals surface area (Å²) in [5.41, 5.74) is 0.475. The lowest BCUT2D eigenvalue weighted by Crippen LogP contribution is -2.33. The number of hydrogen-bond acceptors (Lipinski definition) is 3. The number of aromatic amines is 1. The summed E-state index contributed by atoms with van der Waals surface area (Å²) in [5, 5.41) is 1.45. The quantitative estimate of drug-likeness (QED) is 0.299. The Morgan fingerprint density at radius 1 is 0.853 bits per heavy atom. The van der Waals surface area contributed by atoms with Crippen LogP contribution in [0.5, 0.6) is 0 Å². The highest BCUT2D eigenvalue weighted by Gasteiger charge is 2.33. The summed E-state index contributed by atoms with van der Waals surface area (Å²) in [6, 6.07) is 20.3. The molecule has 4 nitrogen and oxygen atoms in total. The number of aromatic nitrogens is 2. The minimum atomic E-state index is -4.73. The molecule has 0 fully saturated rings. The number of nitrogens with one attached hydrogen (secondary N) is 1. The van der Waals surface area contributed by atoms with Crippen molar-refractivity contribution in [2.45, 2.75) is 6.18 Å². The van der Waals surface area contributed by atoms with Gasteiger partial charge in [-0.25, -0.2) is 9.36 Å². The Morgan fingerprint density at radius 2 is 1.50 bits per heavy atom. The molecule has 9 heteroatoms. The van der Waals surface area contributed by atoms with Gasteiger partial charge in [-0.1, -0.05) is 66.2 Å². The van der Waals surface area contributed by atoms with Crippen molar-refractivity contribution < 1.29 is 13.2 Å². The van der Waals surface area contributed by atoms with Gasteiger partial charge >= 0.3 is 11.9 Å². The highest BCUT2D eigenvalue weighted by molar-refractivity contribution is 7.17. The molecule has 0 atom stereocenters. The van der Waals surface area contributed by atoms with Gasteiger partial charge in [0.1, 0.15) is 4.83 Å². The van der Waals surface area contributed by atoms with Crippen molar-refractivity contribution in [3.8, 4) is 27.9 Å². The number of H-pyrrole nitrogens is 1. The van der Waals surface area contributed by atoms with E-state index in [2.05, 4.69) is 4.98 Å². The van der Waals surface area contributed by atoms with Gasteiger partial charge in [-0.2, -0.15) is 13.2 Å². The van der Waals surface area contributed by atoms with Gasteiger partial charge in [-0.3, -0.25) is 9.78 Å². The summed E-state index contributed by atoms with van der Waals surface area (Å²) in [6.45, 7) is 0. The van der Waals surface area contributed by atoms with Crippen LogP contribution < -0.4 is 11.2 Å². The third-order valence-corrected chi connectivity index (χ3v) is 6.67. The molecule has 3 aromatic carbocycles. The third-order valence-electron chi connectivity index (χ3n) is 5.45. The number of hydrogen-bond donors (Lipinski definition) is 1. The minimum Gasteiger partial charge on any atom is -0.298 e. The summed E-state index contributed by atoms with van der Waals surface area (Å²) in [5.74, 6) is 0. The van der Waals surface area contributed by atoms with E-state index >= 15 is 0 Å².